The zero-order valence-corrected chi connectivity index (χ0v) is 28.2. The van der Waals surface area contributed by atoms with Crippen LogP contribution in [-0.2, 0) is 5.41 Å². The highest BCUT2D eigenvalue weighted by Gasteiger charge is 2.35. The number of fused-ring (bicyclic) bond motifs is 7. The minimum atomic E-state index is -0.0412. The molecule has 10 rings (SSSR count). The molecule has 0 amide bonds. The van der Waals surface area contributed by atoms with Crippen molar-refractivity contribution in [3.8, 4) is 33.4 Å². The second-order valence-electron chi connectivity index (χ2n) is 14.1. The second kappa shape index (κ2) is 10.9. The summed E-state index contributed by atoms with van der Waals surface area (Å²) >= 11 is 0. The minimum absolute atomic E-state index is 0.0412. The standard InChI is InChI=1S/C49H35N/c1-49(2)43-21-11-10-18-37(43)41-31-36(27-29-44(41)49)47-38-19-8-9-20-39(38)48(40-28-26-35(30-42(40)47)32-14-4-3-5-15-32)50-45-22-12-6-16-33(45)24-25-34-17-7-13-23-46(34)50/h3-31H,1-2H3. The molecule has 1 aliphatic heterocycles. The highest BCUT2D eigenvalue weighted by molar-refractivity contribution is 6.23. The number of nitrogens with zero attached hydrogens (tertiary/aromatic N) is 1. The normalized spacial score (nSPS) is 13.8. The van der Waals surface area contributed by atoms with Gasteiger partial charge in [0.15, 0.2) is 0 Å². The summed E-state index contributed by atoms with van der Waals surface area (Å²) in [7, 11) is 0. The third-order valence-electron chi connectivity index (χ3n) is 11.0. The van der Waals surface area contributed by atoms with Crippen LogP contribution in [0, 0.1) is 0 Å². The second-order valence-corrected chi connectivity index (χ2v) is 14.1. The van der Waals surface area contributed by atoms with Gasteiger partial charge in [0.2, 0.25) is 0 Å². The van der Waals surface area contributed by atoms with E-state index in [4.69, 9.17) is 0 Å². The van der Waals surface area contributed by atoms with Crippen LogP contribution in [0.25, 0.3) is 67.1 Å². The first-order valence-corrected chi connectivity index (χ1v) is 17.5. The van der Waals surface area contributed by atoms with Crippen molar-refractivity contribution in [2.24, 2.45) is 0 Å². The van der Waals surface area contributed by atoms with Crippen molar-refractivity contribution in [2.75, 3.05) is 4.90 Å². The lowest BCUT2D eigenvalue weighted by molar-refractivity contribution is 0.660. The molecule has 1 aliphatic carbocycles. The monoisotopic (exact) mass is 637 g/mol. The quantitative estimate of drug-likeness (QED) is 0.174. The van der Waals surface area contributed by atoms with E-state index >= 15 is 0 Å². The Hall–Kier alpha value is -6.18. The van der Waals surface area contributed by atoms with Gasteiger partial charge in [-0.2, -0.15) is 0 Å². The predicted octanol–water partition coefficient (Wildman–Crippen LogP) is 13.6. The van der Waals surface area contributed by atoms with Gasteiger partial charge in [0.05, 0.1) is 17.1 Å². The molecule has 0 unspecified atom stereocenters. The molecule has 0 saturated heterocycles. The maximum atomic E-state index is 2.50. The van der Waals surface area contributed by atoms with Crippen molar-refractivity contribution >= 4 is 50.8 Å². The third kappa shape index (κ3) is 4.20. The smallest absolute Gasteiger partial charge is 0.0619 e. The first kappa shape index (κ1) is 28.8. The fraction of sp³-hybridized carbons (Fsp3) is 0.0612. The van der Waals surface area contributed by atoms with Gasteiger partial charge in [0.25, 0.3) is 0 Å². The van der Waals surface area contributed by atoms with Gasteiger partial charge in [-0.25, -0.2) is 0 Å². The highest BCUT2D eigenvalue weighted by atomic mass is 15.2. The topological polar surface area (TPSA) is 3.24 Å². The molecule has 1 heterocycles. The minimum Gasteiger partial charge on any atom is -0.308 e. The Morgan fingerprint density at radius 2 is 0.980 bits per heavy atom. The largest absolute Gasteiger partial charge is 0.308 e. The predicted molar refractivity (Wildman–Crippen MR) is 214 cm³/mol. The van der Waals surface area contributed by atoms with Crippen LogP contribution in [0.15, 0.2) is 164 Å². The lowest BCUT2D eigenvalue weighted by Gasteiger charge is -2.31. The van der Waals surface area contributed by atoms with Gasteiger partial charge < -0.3 is 4.90 Å². The molecule has 0 N–H and O–H groups in total. The molecule has 0 fully saturated rings. The Kier molecular flexibility index (Phi) is 6.29. The number of benzene rings is 8. The van der Waals surface area contributed by atoms with E-state index in [0.717, 1.165) is 0 Å². The average molecular weight is 638 g/mol. The van der Waals surface area contributed by atoms with Crippen molar-refractivity contribution in [3.63, 3.8) is 0 Å². The number of rotatable bonds is 3. The van der Waals surface area contributed by atoms with E-state index in [0.29, 0.717) is 0 Å². The van der Waals surface area contributed by atoms with Gasteiger partial charge in [-0.3, -0.25) is 0 Å². The van der Waals surface area contributed by atoms with E-state index in [1.807, 2.05) is 0 Å². The summed E-state index contributed by atoms with van der Waals surface area (Å²) in [5.74, 6) is 0. The molecular formula is C49H35N. The van der Waals surface area contributed by atoms with E-state index in [-0.39, 0.29) is 5.41 Å². The summed E-state index contributed by atoms with van der Waals surface area (Å²) in [6, 6.07) is 60.6. The van der Waals surface area contributed by atoms with Crippen LogP contribution in [-0.4, -0.2) is 0 Å². The van der Waals surface area contributed by atoms with E-state index in [1.54, 1.807) is 0 Å². The van der Waals surface area contributed by atoms with E-state index in [1.165, 1.54) is 94.2 Å². The number of anilines is 3. The molecule has 0 radical (unpaired) electrons. The molecule has 236 valence electrons. The molecular weight excluding hydrogens is 603 g/mol. The van der Waals surface area contributed by atoms with E-state index in [2.05, 4.69) is 195 Å². The van der Waals surface area contributed by atoms with Gasteiger partial charge in [-0.05, 0) is 90.7 Å². The van der Waals surface area contributed by atoms with Crippen LogP contribution in [0.4, 0.5) is 17.1 Å². The first-order valence-electron chi connectivity index (χ1n) is 17.5. The SMILES string of the molecule is CC1(C)c2ccccc2-c2cc(-c3c4ccccc4c(N4c5ccccc5C=Cc5ccccc54)c4ccc(-c5ccccc5)cc34)ccc21. The molecule has 2 aliphatic rings. The molecule has 8 aromatic carbocycles. The van der Waals surface area contributed by atoms with Crippen molar-refractivity contribution < 1.29 is 0 Å². The lowest BCUT2D eigenvalue weighted by atomic mass is 9.81. The Morgan fingerprint density at radius 3 is 1.74 bits per heavy atom. The van der Waals surface area contributed by atoms with E-state index in [9.17, 15) is 0 Å². The van der Waals surface area contributed by atoms with Crippen LogP contribution in [0.5, 0.6) is 0 Å². The fourth-order valence-electron chi connectivity index (χ4n) is 8.61. The van der Waals surface area contributed by atoms with Crippen LogP contribution < -0.4 is 4.90 Å². The Bertz CT molecular complexity index is 2630. The van der Waals surface area contributed by atoms with Crippen LogP contribution in [0.1, 0.15) is 36.1 Å². The fourth-order valence-corrected chi connectivity index (χ4v) is 8.61. The molecule has 0 bridgehead atoms. The molecule has 1 heteroatoms. The summed E-state index contributed by atoms with van der Waals surface area (Å²) in [5.41, 5.74) is 16.3. The molecule has 0 saturated carbocycles. The Balaban J connectivity index is 1.34. The Labute approximate surface area is 293 Å². The third-order valence-corrected chi connectivity index (χ3v) is 11.0. The van der Waals surface area contributed by atoms with Gasteiger partial charge in [-0.15, -0.1) is 0 Å². The van der Waals surface area contributed by atoms with Gasteiger partial charge >= 0.3 is 0 Å². The molecule has 8 aromatic rings. The molecule has 50 heavy (non-hydrogen) atoms. The maximum Gasteiger partial charge on any atom is 0.0619 e. The van der Waals surface area contributed by atoms with Gasteiger partial charge in [0, 0.05) is 16.2 Å². The first-order chi connectivity index (χ1) is 24.6. The number of para-hydroxylation sites is 2. The van der Waals surface area contributed by atoms with Crippen molar-refractivity contribution in [2.45, 2.75) is 19.3 Å². The van der Waals surface area contributed by atoms with Crippen LogP contribution in [0.3, 0.4) is 0 Å². The summed E-state index contributed by atoms with van der Waals surface area (Å²) < 4.78 is 0. The summed E-state index contributed by atoms with van der Waals surface area (Å²) in [5, 5.41) is 4.96. The van der Waals surface area contributed by atoms with Crippen LogP contribution >= 0.6 is 0 Å². The van der Waals surface area contributed by atoms with Crippen molar-refractivity contribution in [3.05, 3.63) is 186 Å². The molecule has 1 nitrogen and oxygen atoms in total. The van der Waals surface area contributed by atoms with Crippen molar-refractivity contribution in [1.29, 1.82) is 0 Å². The number of hydrogen-bond donors (Lipinski definition) is 0. The zero-order chi connectivity index (χ0) is 33.4. The summed E-state index contributed by atoms with van der Waals surface area (Å²) in [4.78, 5) is 2.50. The van der Waals surface area contributed by atoms with Crippen LogP contribution in [0.2, 0.25) is 0 Å². The molecule has 0 aromatic heterocycles. The molecule has 0 atom stereocenters. The lowest BCUT2D eigenvalue weighted by Crippen LogP contribution is -2.14. The van der Waals surface area contributed by atoms with Crippen molar-refractivity contribution in [1.82, 2.24) is 0 Å². The molecule has 0 spiro atoms. The number of hydrogen-bond acceptors (Lipinski definition) is 1. The Morgan fingerprint density at radius 1 is 0.400 bits per heavy atom. The maximum absolute atomic E-state index is 2.50. The van der Waals surface area contributed by atoms with E-state index < -0.39 is 0 Å². The summed E-state index contributed by atoms with van der Waals surface area (Å²) in [6.07, 6.45) is 4.51. The van der Waals surface area contributed by atoms with Gasteiger partial charge in [0.1, 0.15) is 0 Å². The highest BCUT2D eigenvalue weighted by Crippen LogP contribution is 2.53. The van der Waals surface area contributed by atoms with Gasteiger partial charge in [-0.1, -0.05) is 166 Å². The summed E-state index contributed by atoms with van der Waals surface area (Å²) in [6.45, 7) is 4.71. The zero-order valence-electron chi connectivity index (χ0n) is 28.2. The average Bonchev–Trinajstić information content (AvgIpc) is 3.28.